The summed E-state index contributed by atoms with van der Waals surface area (Å²) in [4.78, 5) is 11.8. The van der Waals surface area contributed by atoms with Crippen LogP contribution in [0, 0.1) is 0 Å². The lowest BCUT2D eigenvalue weighted by Crippen LogP contribution is -2.43. The van der Waals surface area contributed by atoms with E-state index in [1.807, 2.05) is 30.3 Å². The van der Waals surface area contributed by atoms with Gasteiger partial charge < -0.3 is 9.16 Å². The molecule has 0 spiro atoms. The monoisotopic (exact) mass is 316 g/mol. The SMILES string of the molecule is COC(=O)c1cccc2cc(O[Si](C)(C)C(C)(C)C)ccc12. The first-order valence-electron chi connectivity index (χ1n) is 7.46. The molecule has 0 aromatic heterocycles. The van der Waals surface area contributed by atoms with Crippen molar-refractivity contribution in [2.45, 2.75) is 38.9 Å². The Labute approximate surface area is 133 Å². The second kappa shape index (κ2) is 5.76. The molecule has 2 rings (SSSR count). The zero-order chi connectivity index (χ0) is 16.5. The molecule has 0 aliphatic carbocycles. The predicted molar refractivity (Wildman–Crippen MR) is 93.1 cm³/mol. The molecule has 0 fully saturated rings. The minimum absolute atomic E-state index is 0.149. The summed E-state index contributed by atoms with van der Waals surface area (Å²) in [6.45, 7) is 11.1. The standard InChI is InChI=1S/C18H24O3Si/c1-18(2,3)22(5,6)21-14-10-11-15-13(12-14)8-7-9-16(15)17(19)20-4/h7-12H,1-6H3. The van der Waals surface area contributed by atoms with E-state index >= 15 is 0 Å². The summed E-state index contributed by atoms with van der Waals surface area (Å²) in [5.41, 5.74) is 0.582. The maximum atomic E-state index is 11.8. The van der Waals surface area contributed by atoms with Gasteiger partial charge in [-0.25, -0.2) is 4.79 Å². The molecule has 2 aromatic carbocycles. The molecule has 0 saturated carbocycles. The van der Waals surface area contributed by atoms with Crippen molar-refractivity contribution in [3.05, 3.63) is 42.0 Å². The van der Waals surface area contributed by atoms with Crippen molar-refractivity contribution in [3.63, 3.8) is 0 Å². The Balaban J connectivity index is 2.43. The lowest BCUT2D eigenvalue weighted by molar-refractivity contribution is 0.0603. The third kappa shape index (κ3) is 3.17. The van der Waals surface area contributed by atoms with Gasteiger partial charge in [-0.05, 0) is 53.2 Å². The van der Waals surface area contributed by atoms with Crippen LogP contribution in [-0.2, 0) is 4.74 Å². The van der Waals surface area contributed by atoms with Gasteiger partial charge in [0.05, 0.1) is 12.7 Å². The zero-order valence-corrected chi connectivity index (χ0v) is 15.2. The summed E-state index contributed by atoms with van der Waals surface area (Å²) < 4.78 is 11.2. The van der Waals surface area contributed by atoms with Crippen molar-refractivity contribution < 1.29 is 14.0 Å². The first kappa shape index (κ1) is 16.6. The summed E-state index contributed by atoms with van der Waals surface area (Å²) in [6, 6.07) is 11.5. The Morgan fingerprint density at radius 1 is 1.09 bits per heavy atom. The average molecular weight is 316 g/mol. The second-order valence-electron chi connectivity index (χ2n) is 7.04. The molecule has 0 N–H and O–H groups in total. The maximum Gasteiger partial charge on any atom is 0.338 e. The number of carbonyl (C=O) groups excluding carboxylic acids is 1. The van der Waals surface area contributed by atoms with Gasteiger partial charge in [0.1, 0.15) is 5.75 Å². The number of ether oxygens (including phenoxy) is 1. The normalized spacial score (nSPS) is 12.3. The molecule has 0 unspecified atom stereocenters. The largest absolute Gasteiger partial charge is 0.543 e. The van der Waals surface area contributed by atoms with Crippen molar-refractivity contribution in [1.82, 2.24) is 0 Å². The highest BCUT2D eigenvalue weighted by Crippen LogP contribution is 2.38. The molecular formula is C18H24O3Si. The van der Waals surface area contributed by atoms with Crippen molar-refractivity contribution in [3.8, 4) is 5.75 Å². The quantitative estimate of drug-likeness (QED) is 0.590. The zero-order valence-electron chi connectivity index (χ0n) is 14.2. The third-order valence-electron chi connectivity index (χ3n) is 4.44. The van der Waals surface area contributed by atoms with E-state index in [1.54, 1.807) is 6.07 Å². The van der Waals surface area contributed by atoms with Crippen LogP contribution in [-0.4, -0.2) is 21.4 Å². The van der Waals surface area contributed by atoms with E-state index in [4.69, 9.17) is 9.16 Å². The smallest absolute Gasteiger partial charge is 0.338 e. The highest BCUT2D eigenvalue weighted by atomic mass is 28.4. The Morgan fingerprint density at radius 3 is 2.36 bits per heavy atom. The van der Waals surface area contributed by atoms with Crippen LogP contribution >= 0.6 is 0 Å². The van der Waals surface area contributed by atoms with Gasteiger partial charge in [-0.3, -0.25) is 0 Å². The van der Waals surface area contributed by atoms with E-state index in [9.17, 15) is 4.79 Å². The maximum absolute atomic E-state index is 11.8. The molecule has 0 saturated heterocycles. The van der Waals surface area contributed by atoms with E-state index in [-0.39, 0.29) is 11.0 Å². The predicted octanol–water partition coefficient (Wildman–Crippen LogP) is 5.01. The van der Waals surface area contributed by atoms with Gasteiger partial charge >= 0.3 is 5.97 Å². The van der Waals surface area contributed by atoms with Gasteiger partial charge in [-0.1, -0.05) is 32.9 Å². The molecule has 0 amide bonds. The second-order valence-corrected chi connectivity index (χ2v) is 11.8. The van der Waals surface area contributed by atoms with Crippen LogP contribution in [0.25, 0.3) is 10.8 Å². The van der Waals surface area contributed by atoms with Crippen LogP contribution in [0.5, 0.6) is 5.75 Å². The van der Waals surface area contributed by atoms with Crippen LogP contribution in [0.1, 0.15) is 31.1 Å². The fourth-order valence-corrected chi connectivity index (χ4v) is 3.08. The van der Waals surface area contributed by atoms with Gasteiger partial charge in [-0.15, -0.1) is 0 Å². The fourth-order valence-electron chi connectivity index (χ4n) is 2.06. The Morgan fingerprint density at radius 2 is 1.77 bits per heavy atom. The van der Waals surface area contributed by atoms with Crippen molar-refractivity contribution in [2.75, 3.05) is 7.11 Å². The van der Waals surface area contributed by atoms with Crippen LogP contribution in [0.2, 0.25) is 18.1 Å². The van der Waals surface area contributed by atoms with Crippen molar-refractivity contribution in [1.29, 1.82) is 0 Å². The Hall–Kier alpha value is -1.81. The average Bonchev–Trinajstić information content (AvgIpc) is 2.44. The molecular weight excluding hydrogens is 292 g/mol. The molecule has 0 radical (unpaired) electrons. The van der Waals surface area contributed by atoms with E-state index in [0.717, 1.165) is 16.5 Å². The number of hydrogen-bond donors (Lipinski definition) is 0. The number of rotatable bonds is 3. The number of benzene rings is 2. The number of fused-ring (bicyclic) bond motifs is 1. The van der Waals surface area contributed by atoms with E-state index in [2.05, 4.69) is 33.9 Å². The lowest BCUT2D eigenvalue weighted by Gasteiger charge is -2.36. The fraction of sp³-hybridized carbons (Fsp3) is 0.389. The molecule has 0 atom stereocenters. The van der Waals surface area contributed by atoms with Crippen LogP contribution in [0.4, 0.5) is 0 Å². The highest BCUT2D eigenvalue weighted by Gasteiger charge is 2.38. The molecule has 0 aliphatic heterocycles. The lowest BCUT2D eigenvalue weighted by atomic mass is 10.0. The van der Waals surface area contributed by atoms with Crippen LogP contribution in [0.15, 0.2) is 36.4 Å². The van der Waals surface area contributed by atoms with Gasteiger partial charge in [-0.2, -0.15) is 0 Å². The molecule has 0 aliphatic rings. The number of methoxy groups -OCH3 is 1. The number of esters is 1. The van der Waals surface area contributed by atoms with E-state index < -0.39 is 8.32 Å². The van der Waals surface area contributed by atoms with Gasteiger partial charge in [0.15, 0.2) is 0 Å². The van der Waals surface area contributed by atoms with Crippen molar-refractivity contribution >= 4 is 25.1 Å². The van der Waals surface area contributed by atoms with Gasteiger partial charge in [0, 0.05) is 0 Å². The topological polar surface area (TPSA) is 35.5 Å². The van der Waals surface area contributed by atoms with Crippen LogP contribution < -0.4 is 4.43 Å². The summed E-state index contributed by atoms with van der Waals surface area (Å²) in [7, 11) is -0.468. The molecule has 2 aromatic rings. The first-order chi connectivity index (χ1) is 10.2. The van der Waals surface area contributed by atoms with E-state index in [1.165, 1.54) is 7.11 Å². The van der Waals surface area contributed by atoms with Gasteiger partial charge in [0.2, 0.25) is 8.32 Å². The minimum atomic E-state index is -1.87. The van der Waals surface area contributed by atoms with Crippen molar-refractivity contribution in [2.24, 2.45) is 0 Å². The highest BCUT2D eigenvalue weighted by molar-refractivity contribution is 6.74. The molecule has 0 bridgehead atoms. The first-order valence-corrected chi connectivity index (χ1v) is 10.4. The molecule has 118 valence electrons. The Bertz CT molecular complexity index is 699. The minimum Gasteiger partial charge on any atom is -0.543 e. The Kier molecular flexibility index (Phi) is 4.34. The molecule has 22 heavy (non-hydrogen) atoms. The number of carbonyl (C=O) groups is 1. The molecule has 0 heterocycles. The summed E-state index contributed by atoms with van der Waals surface area (Å²) >= 11 is 0. The van der Waals surface area contributed by atoms with E-state index in [0.29, 0.717) is 5.56 Å². The third-order valence-corrected chi connectivity index (χ3v) is 8.79. The summed E-state index contributed by atoms with van der Waals surface area (Å²) in [5, 5.41) is 2.02. The summed E-state index contributed by atoms with van der Waals surface area (Å²) in [6.07, 6.45) is 0. The summed E-state index contributed by atoms with van der Waals surface area (Å²) in [5.74, 6) is 0.546. The molecule has 4 heteroatoms. The molecule has 3 nitrogen and oxygen atoms in total. The number of hydrogen-bond acceptors (Lipinski definition) is 3. The van der Waals surface area contributed by atoms with Crippen LogP contribution in [0.3, 0.4) is 0 Å². The van der Waals surface area contributed by atoms with Gasteiger partial charge in [0.25, 0.3) is 0 Å².